The van der Waals surface area contributed by atoms with Crippen LogP contribution in [0.3, 0.4) is 0 Å². The second-order valence-electron chi connectivity index (χ2n) is 7.24. The van der Waals surface area contributed by atoms with E-state index in [2.05, 4.69) is 20.8 Å². The van der Waals surface area contributed by atoms with Crippen molar-refractivity contribution in [1.29, 1.82) is 0 Å². The average Bonchev–Trinajstić information content (AvgIpc) is 2.60. The highest BCUT2D eigenvalue weighted by molar-refractivity contribution is 5.15. The maximum absolute atomic E-state index is 10.5. The van der Waals surface area contributed by atoms with Crippen LogP contribution in [0.25, 0.3) is 0 Å². The highest BCUT2D eigenvalue weighted by atomic mass is 16.3. The summed E-state index contributed by atoms with van der Waals surface area (Å²) in [5, 5.41) is 10.5. The Morgan fingerprint density at radius 2 is 1.73 bits per heavy atom. The van der Waals surface area contributed by atoms with E-state index >= 15 is 0 Å². The standard InChI is InChI=1S/C14H24O/c1-12(2)10-5-4-6-14(10)8-7-13(3,15)11(12)9-14/h10-11,15H,4-9H2,1-3H3/t10-,11+,13+,14-/m0/s1. The van der Waals surface area contributed by atoms with Gasteiger partial charge in [0.2, 0.25) is 0 Å². The summed E-state index contributed by atoms with van der Waals surface area (Å²) in [4.78, 5) is 0. The molecule has 0 aromatic heterocycles. The summed E-state index contributed by atoms with van der Waals surface area (Å²) in [6, 6.07) is 0. The van der Waals surface area contributed by atoms with Crippen molar-refractivity contribution < 1.29 is 5.11 Å². The minimum atomic E-state index is -0.390. The Hall–Kier alpha value is -0.0400. The first-order valence-electron chi connectivity index (χ1n) is 6.61. The average molecular weight is 208 g/mol. The number of fused-ring (bicyclic) bond motifs is 1. The lowest BCUT2D eigenvalue weighted by molar-refractivity contribution is -0.0672. The second-order valence-corrected chi connectivity index (χ2v) is 7.24. The van der Waals surface area contributed by atoms with Gasteiger partial charge in [0.25, 0.3) is 0 Å². The van der Waals surface area contributed by atoms with Crippen molar-refractivity contribution in [3.05, 3.63) is 0 Å². The zero-order valence-electron chi connectivity index (χ0n) is 10.3. The van der Waals surface area contributed by atoms with Crippen LogP contribution in [0.1, 0.15) is 59.3 Å². The molecule has 2 bridgehead atoms. The minimum Gasteiger partial charge on any atom is -0.390 e. The number of hydrogen-bond donors (Lipinski definition) is 1. The zero-order valence-corrected chi connectivity index (χ0v) is 10.3. The molecule has 3 fully saturated rings. The lowest BCUT2D eigenvalue weighted by Gasteiger charge is -2.42. The molecule has 1 spiro atoms. The second kappa shape index (κ2) is 2.61. The molecule has 0 aromatic rings. The molecular weight excluding hydrogens is 184 g/mol. The summed E-state index contributed by atoms with van der Waals surface area (Å²) in [6.07, 6.45) is 7.91. The Bertz CT molecular complexity index is 292. The van der Waals surface area contributed by atoms with E-state index in [0.29, 0.717) is 16.7 Å². The molecule has 1 nitrogen and oxygen atoms in total. The van der Waals surface area contributed by atoms with Gasteiger partial charge in [-0.1, -0.05) is 20.3 Å². The van der Waals surface area contributed by atoms with E-state index in [1.807, 2.05) is 0 Å². The van der Waals surface area contributed by atoms with Gasteiger partial charge in [-0.2, -0.15) is 0 Å². The first kappa shape index (κ1) is 10.1. The molecule has 1 N–H and O–H groups in total. The minimum absolute atomic E-state index is 0.372. The number of aliphatic hydroxyl groups is 1. The van der Waals surface area contributed by atoms with Gasteiger partial charge < -0.3 is 5.11 Å². The predicted molar refractivity (Wildman–Crippen MR) is 61.5 cm³/mol. The number of rotatable bonds is 0. The van der Waals surface area contributed by atoms with Crippen LogP contribution in [-0.4, -0.2) is 10.7 Å². The van der Waals surface area contributed by atoms with Gasteiger partial charge in [0.15, 0.2) is 0 Å². The van der Waals surface area contributed by atoms with E-state index in [1.54, 1.807) is 0 Å². The summed E-state index contributed by atoms with van der Waals surface area (Å²) in [5.74, 6) is 1.44. The van der Waals surface area contributed by atoms with E-state index in [1.165, 1.54) is 32.1 Å². The molecule has 0 heterocycles. The van der Waals surface area contributed by atoms with Crippen molar-refractivity contribution in [1.82, 2.24) is 0 Å². The lowest BCUT2D eigenvalue weighted by atomic mass is 9.66. The Morgan fingerprint density at radius 3 is 2.47 bits per heavy atom. The van der Waals surface area contributed by atoms with Gasteiger partial charge in [-0.05, 0) is 61.7 Å². The zero-order chi connectivity index (χ0) is 10.9. The summed E-state index contributed by atoms with van der Waals surface area (Å²) >= 11 is 0. The highest BCUT2D eigenvalue weighted by Crippen LogP contribution is 2.71. The van der Waals surface area contributed by atoms with Crippen LogP contribution in [0.4, 0.5) is 0 Å². The molecule has 3 saturated carbocycles. The first-order chi connectivity index (χ1) is 6.89. The maximum atomic E-state index is 10.5. The Morgan fingerprint density at radius 1 is 1.00 bits per heavy atom. The highest BCUT2D eigenvalue weighted by Gasteiger charge is 2.65. The lowest BCUT2D eigenvalue weighted by Crippen LogP contribution is -2.43. The summed E-state index contributed by atoms with van der Waals surface area (Å²) < 4.78 is 0. The van der Waals surface area contributed by atoms with Crippen LogP contribution in [0.15, 0.2) is 0 Å². The van der Waals surface area contributed by atoms with Crippen molar-refractivity contribution in [2.24, 2.45) is 22.7 Å². The van der Waals surface area contributed by atoms with Crippen molar-refractivity contribution in [2.45, 2.75) is 64.9 Å². The summed E-state index contributed by atoms with van der Waals surface area (Å²) in [7, 11) is 0. The van der Waals surface area contributed by atoms with Crippen molar-refractivity contribution in [3.63, 3.8) is 0 Å². The van der Waals surface area contributed by atoms with E-state index in [0.717, 1.165) is 12.3 Å². The maximum Gasteiger partial charge on any atom is 0.0653 e. The molecule has 1 heteroatoms. The molecule has 0 amide bonds. The third-order valence-corrected chi connectivity index (χ3v) is 6.19. The van der Waals surface area contributed by atoms with Gasteiger partial charge >= 0.3 is 0 Å². The molecule has 0 radical (unpaired) electrons. The Labute approximate surface area is 93.3 Å². The molecule has 3 aliphatic carbocycles. The Kier molecular flexibility index (Phi) is 1.77. The fourth-order valence-corrected chi connectivity index (χ4v) is 5.56. The molecule has 3 aliphatic rings. The fraction of sp³-hybridized carbons (Fsp3) is 1.00. The van der Waals surface area contributed by atoms with Gasteiger partial charge in [0, 0.05) is 0 Å². The molecular formula is C14H24O. The van der Waals surface area contributed by atoms with Crippen molar-refractivity contribution in [3.8, 4) is 0 Å². The quantitative estimate of drug-likeness (QED) is 0.647. The molecule has 0 aromatic carbocycles. The third-order valence-electron chi connectivity index (χ3n) is 6.19. The predicted octanol–water partition coefficient (Wildman–Crippen LogP) is 3.36. The topological polar surface area (TPSA) is 20.2 Å². The summed E-state index contributed by atoms with van der Waals surface area (Å²) in [6.45, 7) is 6.90. The van der Waals surface area contributed by atoms with Crippen molar-refractivity contribution in [2.75, 3.05) is 0 Å². The molecule has 3 rings (SSSR count). The SMILES string of the molecule is CC1(C)[C@H]2C[C@]3(CCC[C@@H]13)CC[C@@]2(C)O. The van der Waals surface area contributed by atoms with Crippen LogP contribution in [0.5, 0.6) is 0 Å². The first-order valence-corrected chi connectivity index (χ1v) is 6.61. The molecule has 0 saturated heterocycles. The van der Waals surface area contributed by atoms with E-state index in [9.17, 15) is 5.11 Å². The van der Waals surface area contributed by atoms with Crippen LogP contribution in [0, 0.1) is 22.7 Å². The van der Waals surface area contributed by atoms with Crippen LogP contribution in [-0.2, 0) is 0 Å². The van der Waals surface area contributed by atoms with Crippen molar-refractivity contribution >= 4 is 0 Å². The van der Waals surface area contributed by atoms with Crippen LogP contribution < -0.4 is 0 Å². The van der Waals surface area contributed by atoms with E-state index in [4.69, 9.17) is 0 Å². The van der Waals surface area contributed by atoms with Gasteiger partial charge in [0.05, 0.1) is 5.60 Å². The van der Waals surface area contributed by atoms with Crippen LogP contribution in [0.2, 0.25) is 0 Å². The monoisotopic (exact) mass is 208 g/mol. The molecule has 0 aliphatic heterocycles. The van der Waals surface area contributed by atoms with Gasteiger partial charge in [-0.3, -0.25) is 0 Å². The van der Waals surface area contributed by atoms with E-state index in [-0.39, 0.29) is 5.60 Å². The number of hydrogen-bond acceptors (Lipinski definition) is 1. The van der Waals surface area contributed by atoms with Gasteiger partial charge in [-0.15, -0.1) is 0 Å². The third kappa shape index (κ3) is 1.08. The largest absolute Gasteiger partial charge is 0.390 e. The molecule has 4 atom stereocenters. The normalized spacial score (nSPS) is 56.8. The van der Waals surface area contributed by atoms with Crippen LogP contribution >= 0.6 is 0 Å². The van der Waals surface area contributed by atoms with E-state index < -0.39 is 0 Å². The Balaban J connectivity index is 2.05. The smallest absolute Gasteiger partial charge is 0.0653 e. The van der Waals surface area contributed by atoms with Gasteiger partial charge in [-0.25, -0.2) is 0 Å². The fourth-order valence-electron chi connectivity index (χ4n) is 5.56. The molecule has 15 heavy (non-hydrogen) atoms. The van der Waals surface area contributed by atoms with Gasteiger partial charge in [0.1, 0.15) is 0 Å². The molecule has 86 valence electrons. The summed E-state index contributed by atoms with van der Waals surface area (Å²) in [5.41, 5.74) is 0.617. The molecule has 0 unspecified atom stereocenters.